The van der Waals surface area contributed by atoms with Crippen molar-refractivity contribution in [1.29, 1.82) is 0 Å². The second kappa shape index (κ2) is 8.24. The summed E-state index contributed by atoms with van der Waals surface area (Å²) in [5, 5.41) is 2.56. The monoisotopic (exact) mass is 377 g/mol. The fourth-order valence-corrected chi connectivity index (χ4v) is 3.27. The van der Waals surface area contributed by atoms with Crippen LogP contribution in [0.2, 0.25) is 0 Å². The fraction of sp³-hybridized carbons (Fsp3) is 0.300. The molecule has 2 aromatic rings. The van der Waals surface area contributed by atoms with E-state index < -0.39 is 35.5 Å². The molecule has 7 heteroatoms. The van der Waals surface area contributed by atoms with E-state index in [9.17, 15) is 22.8 Å². The SMILES string of the molecule is O=C1CCC(c2cc(F)c(F)cc2F)[C@@H](NC(=O)OCc2ccccc2)C1. The smallest absolute Gasteiger partial charge is 0.407 e. The normalized spacial score (nSPS) is 19.6. The molecule has 0 saturated heterocycles. The first-order chi connectivity index (χ1) is 12.9. The van der Waals surface area contributed by atoms with Crippen LogP contribution in [0, 0.1) is 17.5 Å². The van der Waals surface area contributed by atoms with Crippen LogP contribution < -0.4 is 5.32 Å². The van der Waals surface area contributed by atoms with Crippen LogP contribution >= 0.6 is 0 Å². The second-order valence-corrected chi connectivity index (χ2v) is 6.49. The first-order valence-corrected chi connectivity index (χ1v) is 8.57. The van der Waals surface area contributed by atoms with Gasteiger partial charge in [0.15, 0.2) is 11.6 Å². The molecule has 0 spiro atoms. The maximum atomic E-state index is 14.2. The summed E-state index contributed by atoms with van der Waals surface area (Å²) in [5.74, 6) is -4.11. The van der Waals surface area contributed by atoms with Gasteiger partial charge in [0.2, 0.25) is 0 Å². The fourth-order valence-electron chi connectivity index (χ4n) is 3.27. The maximum absolute atomic E-state index is 14.2. The van der Waals surface area contributed by atoms with Crippen molar-refractivity contribution in [2.75, 3.05) is 0 Å². The highest BCUT2D eigenvalue weighted by atomic mass is 19.2. The molecule has 0 radical (unpaired) electrons. The Morgan fingerprint density at radius 3 is 2.52 bits per heavy atom. The van der Waals surface area contributed by atoms with Crippen LogP contribution in [-0.4, -0.2) is 17.9 Å². The van der Waals surface area contributed by atoms with Crippen molar-refractivity contribution in [3.63, 3.8) is 0 Å². The molecule has 1 saturated carbocycles. The average molecular weight is 377 g/mol. The first-order valence-electron chi connectivity index (χ1n) is 8.57. The van der Waals surface area contributed by atoms with Gasteiger partial charge in [-0.25, -0.2) is 18.0 Å². The van der Waals surface area contributed by atoms with Gasteiger partial charge in [0, 0.05) is 30.9 Å². The Bertz CT molecular complexity index is 842. The van der Waals surface area contributed by atoms with Crippen molar-refractivity contribution < 1.29 is 27.5 Å². The number of ketones is 1. The third kappa shape index (κ3) is 4.67. The summed E-state index contributed by atoms with van der Waals surface area (Å²) < 4.78 is 46.1. The van der Waals surface area contributed by atoms with Crippen LogP contribution in [0.1, 0.15) is 36.3 Å². The zero-order valence-electron chi connectivity index (χ0n) is 14.4. The third-order valence-electron chi connectivity index (χ3n) is 4.62. The second-order valence-electron chi connectivity index (χ2n) is 6.49. The number of alkyl carbamates (subject to hydrolysis) is 1. The lowest BCUT2D eigenvalue weighted by atomic mass is 9.79. The molecule has 3 rings (SSSR count). The minimum Gasteiger partial charge on any atom is -0.445 e. The summed E-state index contributed by atoms with van der Waals surface area (Å²) in [6.45, 7) is 0.0392. The van der Waals surface area contributed by atoms with Gasteiger partial charge in [0.1, 0.15) is 18.2 Å². The van der Waals surface area contributed by atoms with E-state index in [0.717, 1.165) is 11.6 Å². The summed E-state index contributed by atoms with van der Waals surface area (Å²) in [5.41, 5.74) is 0.727. The summed E-state index contributed by atoms with van der Waals surface area (Å²) in [6.07, 6.45) is -0.375. The van der Waals surface area contributed by atoms with Crippen LogP contribution in [0.15, 0.2) is 42.5 Å². The number of benzene rings is 2. The maximum Gasteiger partial charge on any atom is 0.407 e. The molecule has 1 aliphatic rings. The number of nitrogens with one attached hydrogen (secondary N) is 1. The minimum absolute atomic E-state index is 0.0243. The molecule has 1 aliphatic carbocycles. The average Bonchev–Trinajstić information content (AvgIpc) is 2.64. The Hall–Kier alpha value is -2.83. The molecule has 0 aromatic heterocycles. The lowest BCUT2D eigenvalue weighted by molar-refractivity contribution is -0.121. The Morgan fingerprint density at radius 1 is 1.07 bits per heavy atom. The molecule has 1 N–H and O–H groups in total. The Kier molecular flexibility index (Phi) is 5.78. The predicted molar refractivity (Wildman–Crippen MR) is 91.5 cm³/mol. The number of carbonyl (C=O) groups excluding carboxylic acids is 2. The minimum atomic E-state index is -1.28. The van der Waals surface area contributed by atoms with Crippen molar-refractivity contribution in [3.8, 4) is 0 Å². The molecule has 1 fully saturated rings. The number of amides is 1. The predicted octanol–water partition coefficient (Wildman–Crippen LogP) is 4.24. The highest BCUT2D eigenvalue weighted by Crippen LogP contribution is 2.34. The zero-order valence-corrected chi connectivity index (χ0v) is 14.4. The highest BCUT2D eigenvalue weighted by Gasteiger charge is 2.34. The third-order valence-corrected chi connectivity index (χ3v) is 4.62. The van der Waals surface area contributed by atoms with Crippen molar-refractivity contribution in [1.82, 2.24) is 5.32 Å². The number of rotatable bonds is 4. The van der Waals surface area contributed by atoms with Crippen LogP contribution in [0.4, 0.5) is 18.0 Å². The van der Waals surface area contributed by atoms with E-state index in [0.29, 0.717) is 6.07 Å². The van der Waals surface area contributed by atoms with Crippen LogP contribution in [0.25, 0.3) is 0 Å². The topological polar surface area (TPSA) is 55.4 Å². The first kappa shape index (κ1) is 18.9. The number of hydrogen-bond donors (Lipinski definition) is 1. The lowest BCUT2D eigenvalue weighted by Gasteiger charge is -2.31. The van der Waals surface area contributed by atoms with E-state index >= 15 is 0 Å². The Balaban J connectivity index is 1.71. The molecular weight excluding hydrogens is 359 g/mol. The van der Waals surface area contributed by atoms with Gasteiger partial charge < -0.3 is 10.1 Å². The molecule has 0 aliphatic heterocycles. The van der Waals surface area contributed by atoms with E-state index in [1.165, 1.54) is 0 Å². The number of Topliss-reactive ketones (excluding diaryl/α,β-unsaturated/α-hetero) is 1. The van der Waals surface area contributed by atoms with Gasteiger partial charge >= 0.3 is 6.09 Å². The molecule has 2 aromatic carbocycles. The van der Waals surface area contributed by atoms with Gasteiger partial charge in [-0.05, 0) is 23.6 Å². The molecule has 142 valence electrons. The molecule has 0 heterocycles. The molecule has 1 amide bonds. The lowest BCUT2D eigenvalue weighted by Crippen LogP contribution is -2.43. The molecule has 0 bridgehead atoms. The van der Waals surface area contributed by atoms with E-state index in [1.54, 1.807) is 24.3 Å². The summed E-state index contributed by atoms with van der Waals surface area (Å²) in [6, 6.07) is 9.53. The quantitative estimate of drug-likeness (QED) is 0.811. The molecule has 1 unspecified atom stereocenters. The summed E-state index contributed by atoms with van der Waals surface area (Å²) >= 11 is 0. The number of ether oxygens (including phenoxy) is 1. The number of hydrogen-bond acceptors (Lipinski definition) is 3. The van der Waals surface area contributed by atoms with Crippen molar-refractivity contribution in [2.24, 2.45) is 0 Å². The Morgan fingerprint density at radius 2 is 1.78 bits per heavy atom. The number of carbonyl (C=O) groups is 2. The largest absolute Gasteiger partial charge is 0.445 e. The summed E-state index contributed by atoms with van der Waals surface area (Å²) in [7, 11) is 0. The van der Waals surface area contributed by atoms with Crippen LogP contribution in [0.5, 0.6) is 0 Å². The molecule has 4 nitrogen and oxygen atoms in total. The van der Waals surface area contributed by atoms with Gasteiger partial charge in [-0.1, -0.05) is 30.3 Å². The van der Waals surface area contributed by atoms with Crippen molar-refractivity contribution in [3.05, 3.63) is 71.0 Å². The zero-order chi connectivity index (χ0) is 19.4. The van der Waals surface area contributed by atoms with Gasteiger partial charge in [-0.2, -0.15) is 0 Å². The van der Waals surface area contributed by atoms with Gasteiger partial charge in [-0.3, -0.25) is 4.79 Å². The van der Waals surface area contributed by atoms with E-state index in [1.807, 2.05) is 6.07 Å². The standard InChI is InChI=1S/C20H18F3NO3/c21-16-10-18(23)17(22)9-15(16)14-7-6-13(25)8-19(14)24-20(26)27-11-12-4-2-1-3-5-12/h1-5,9-10,14,19H,6-8,11H2,(H,24,26)/t14?,19-/m0/s1. The van der Waals surface area contributed by atoms with E-state index in [2.05, 4.69) is 5.32 Å². The van der Waals surface area contributed by atoms with Crippen molar-refractivity contribution >= 4 is 11.9 Å². The number of halogens is 3. The van der Waals surface area contributed by atoms with Gasteiger partial charge in [-0.15, -0.1) is 0 Å². The van der Waals surface area contributed by atoms with E-state index in [4.69, 9.17) is 4.74 Å². The molecule has 27 heavy (non-hydrogen) atoms. The van der Waals surface area contributed by atoms with Crippen LogP contribution in [0.3, 0.4) is 0 Å². The van der Waals surface area contributed by atoms with Gasteiger partial charge in [0.05, 0.1) is 0 Å². The van der Waals surface area contributed by atoms with Gasteiger partial charge in [0.25, 0.3) is 0 Å². The van der Waals surface area contributed by atoms with Crippen molar-refractivity contribution in [2.45, 2.75) is 37.8 Å². The Labute approximate surface area is 154 Å². The highest BCUT2D eigenvalue weighted by molar-refractivity contribution is 5.81. The molecular formula is C20H18F3NO3. The van der Waals surface area contributed by atoms with Crippen LogP contribution in [-0.2, 0) is 16.1 Å². The molecule has 2 atom stereocenters. The summed E-state index contributed by atoms with van der Waals surface area (Å²) in [4.78, 5) is 23.9. The van der Waals surface area contributed by atoms with E-state index in [-0.39, 0.29) is 37.2 Å².